The van der Waals surface area contributed by atoms with Gasteiger partial charge < -0.3 is 20.2 Å². The highest BCUT2D eigenvalue weighted by molar-refractivity contribution is 6.05. The number of carbonyl (C=O) groups is 2. The minimum atomic E-state index is -0.845. The zero-order valence-electron chi connectivity index (χ0n) is 18.8. The van der Waals surface area contributed by atoms with Crippen LogP contribution < -0.4 is 5.32 Å². The number of aliphatic hydroxyl groups excluding tert-OH is 1. The number of pyridine rings is 1. The lowest BCUT2D eigenvalue weighted by molar-refractivity contribution is -0.125. The Hall–Kier alpha value is -4.04. The number of amides is 2. The van der Waals surface area contributed by atoms with Crippen molar-refractivity contribution in [3.63, 3.8) is 0 Å². The normalized spacial score (nSPS) is 17.4. The molecule has 1 fully saturated rings. The maximum atomic E-state index is 13.3. The highest BCUT2D eigenvalue weighted by Gasteiger charge is 2.38. The fraction of sp³-hybridized carbons (Fsp3) is 0.231. The third-order valence-electron chi connectivity index (χ3n) is 5.69. The predicted octanol–water partition coefficient (Wildman–Crippen LogP) is 2.82. The number of aromatic nitrogens is 1. The Labute approximate surface area is 197 Å². The Morgan fingerprint density at radius 1 is 1.12 bits per heavy atom. The van der Waals surface area contributed by atoms with E-state index in [-0.39, 0.29) is 31.3 Å². The first-order valence-electron chi connectivity index (χ1n) is 11.0. The van der Waals surface area contributed by atoms with Crippen LogP contribution in [-0.2, 0) is 9.63 Å². The Bertz CT molecular complexity index is 1150. The second kappa shape index (κ2) is 10.7. The average Bonchev–Trinajstić information content (AvgIpc) is 3.32. The van der Waals surface area contributed by atoms with Gasteiger partial charge in [-0.15, -0.1) is 0 Å². The number of aliphatic hydroxyl groups is 1. The molecule has 0 bridgehead atoms. The highest BCUT2D eigenvalue weighted by Crippen LogP contribution is 2.22. The summed E-state index contributed by atoms with van der Waals surface area (Å²) in [6.45, 7) is 0.227. The van der Waals surface area contributed by atoms with Crippen LogP contribution >= 0.6 is 0 Å². The number of oxime groups is 1. The van der Waals surface area contributed by atoms with Crippen LogP contribution in [0.3, 0.4) is 0 Å². The second-order valence-corrected chi connectivity index (χ2v) is 7.96. The number of likely N-dealkylation sites (tertiary alicyclic amines) is 1. The molecule has 1 aliphatic heterocycles. The predicted molar refractivity (Wildman–Crippen MR) is 128 cm³/mol. The van der Waals surface area contributed by atoms with Gasteiger partial charge in [0, 0.05) is 30.3 Å². The number of rotatable bonds is 7. The van der Waals surface area contributed by atoms with Crippen LogP contribution in [0.5, 0.6) is 0 Å². The van der Waals surface area contributed by atoms with Crippen LogP contribution in [0.4, 0.5) is 0 Å². The van der Waals surface area contributed by atoms with Crippen LogP contribution in [-0.4, -0.2) is 58.8 Å². The van der Waals surface area contributed by atoms with Crippen LogP contribution in [0.25, 0.3) is 11.3 Å². The fourth-order valence-electron chi connectivity index (χ4n) is 3.94. The highest BCUT2D eigenvalue weighted by atomic mass is 16.6. The maximum Gasteiger partial charge on any atom is 0.254 e. The minimum absolute atomic E-state index is 0.0386. The largest absolute Gasteiger partial charge is 0.399 e. The van der Waals surface area contributed by atoms with Gasteiger partial charge in [0.25, 0.3) is 5.91 Å². The molecule has 2 amide bonds. The summed E-state index contributed by atoms with van der Waals surface area (Å²) in [5, 5.41) is 17.1. The number of hydrogen-bond acceptors (Lipinski definition) is 6. The Morgan fingerprint density at radius 2 is 1.85 bits per heavy atom. The molecule has 34 heavy (non-hydrogen) atoms. The van der Waals surface area contributed by atoms with Gasteiger partial charge in [-0.25, -0.2) is 0 Å². The lowest BCUT2D eigenvalue weighted by atomic mass is 10.1. The average molecular weight is 459 g/mol. The van der Waals surface area contributed by atoms with Crippen LogP contribution in [0, 0.1) is 0 Å². The number of nitrogens with zero attached hydrogens (tertiary/aromatic N) is 3. The SMILES string of the molecule is CO/N=C1/C[C@@H](C(=O)NC[C@H](O)c2ccccc2)N(C(=O)c2ccc(-c3ccccn3)cc2)C1. The Kier molecular flexibility index (Phi) is 7.29. The molecule has 0 spiro atoms. The first-order valence-corrected chi connectivity index (χ1v) is 11.0. The van der Waals surface area contributed by atoms with Crippen molar-refractivity contribution in [2.45, 2.75) is 18.6 Å². The zero-order chi connectivity index (χ0) is 23.9. The van der Waals surface area contributed by atoms with Crippen molar-refractivity contribution in [2.24, 2.45) is 5.16 Å². The van der Waals surface area contributed by atoms with Gasteiger partial charge >= 0.3 is 0 Å². The van der Waals surface area contributed by atoms with E-state index in [4.69, 9.17) is 4.84 Å². The van der Waals surface area contributed by atoms with Gasteiger partial charge in [0.15, 0.2) is 0 Å². The first-order chi connectivity index (χ1) is 16.6. The van der Waals surface area contributed by atoms with E-state index in [0.29, 0.717) is 16.8 Å². The van der Waals surface area contributed by atoms with E-state index in [2.05, 4.69) is 15.5 Å². The van der Waals surface area contributed by atoms with Gasteiger partial charge in [0.05, 0.1) is 24.1 Å². The van der Waals surface area contributed by atoms with Crippen molar-refractivity contribution in [1.29, 1.82) is 0 Å². The number of nitrogens with one attached hydrogen (secondary N) is 1. The zero-order valence-corrected chi connectivity index (χ0v) is 18.8. The fourth-order valence-corrected chi connectivity index (χ4v) is 3.94. The maximum absolute atomic E-state index is 13.3. The van der Waals surface area contributed by atoms with E-state index < -0.39 is 12.1 Å². The molecule has 2 aromatic carbocycles. The van der Waals surface area contributed by atoms with Crippen molar-refractivity contribution in [3.8, 4) is 11.3 Å². The standard InChI is InChI=1S/C26H26N4O4/c1-34-29-21-15-23(25(32)28-16-24(31)19-7-3-2-4-8-19)30(17-21)26(33)20-12-10-18(11-13-20)22-9-5-6-14-27-22/h2-14,23-24,31H,15-17H2,1H3,(H,28,32)/b29-21-/t23-,24-/m0/s1. The van der Waals surface area contributed by atoms with E-state index in [1.165, 1.54) is 12.0 Å². The van der Waals surface area contributed by atoms with Crippen molar-refractivity contribution in [3.05, 3.63) is 90.1 Å². The van der Waals surface area contributed by atoms with E-state index >= 15 is 0 Å². The lowest BCUT2D eigenvalue weighted by Crippen LogP contribution is -2.46. The van der Waals surface area contributed by atoms with Crippen molar-refractivity contribution in [2.75, 3.05) is 20.2 Å². The molecule has 0 aliphatic carbocycles. The molecule has 0 saturated carbocycles. The van der Waals surface area contributed by atoms with Gasteiger partial charge in [-0.3, -0.25) is 14.6 Å². The molecule has 2 heterocycles. The molecule has 4 rings (SSSR count). The van der Waals surface area contributed by atoms with Gasteiger partial charge in [0.1, 0.15) is 13.2 Å². The molecule has 0 unspecified atom stereocenters. The van der Waals surface area contributed by atoms with E-state index in [1.807, 2.05) is 48.5 Å². The summed E-state index contributed by atoms with van der Waals surface area (Å²) < 4.78 is 0. The topological polar surface area (TPSA) is 104 Å². The number of hydrogen-bond donors (Lipinski definition) is 2. The smallest absolute Gasteiger partial charge is 0.254 e. The first kappa shape index (κ1) is 23.1. The third kappa shape index (κ3) is 5.29. The van der Waals surface area contributed by atoms with Gasteiger partial charge in [-0.2, -0.15) is 0 Å². The minimum Gasteiger partial charge on any atom is -0.399 e. The van der Waals surface area contributed by atoms with Crippen molar-refractivity contribution in [1.82, 2.24) is 15.2 Å². The molecule has 1 saturated heterocycles. The Balaban J connectivity index is 1.47. The molecule has 2 N–H and O–H groups in total. The summed E-state index contributed by atoms with van der Waals surface area (Å²) in [6, 6.07) is 21.1. The molecule has 1 aromatic heterocycles. The third-order valence-corrected chi connectivity index (χ3v) is 5.69. The summed E-state index contributed by atoms with van der Waals surface area (Å²) >= 11 is 0. The van der Waals surface area contributed by atoms with Crippen LogP contribution in [0.2, 0.25) is 0 Å². The molecule has 2 atom stereocenters. The van der Waals surface area contributed by atoms with Crippen molar-refractivity contribution < 1.29 is 19.5 Å². The van der Waals surface area contributed by atoms with Gasteiger partial charge in [-0.1, -0.05) is 53.7 Å². The van der Waals surface area contributed by atoms with Crippen molar-refractivity contribution >= 4 is 17.5 Å². The van der Waals surface area contributed by atoms with E-state index in [1.54, 1.807) is 30.5 Å². The summed E-state index contributed by atoms with van der Waals surface area (Å²) in [6.07, 6.45) is 1.13. The molecule has 8 heteroatoms. The summed E-state index contributed by atoms with van der Waals surface area (Å²) in [5.74, 6) is -0.632. The van der Waals surface area contributed by atoms with E-state index in [0.717, 1.165) is 11.3 Å². The molecule has 1 aliphatic rings. The molecule has 0 radical (unpaired) electrons. The van der Waals surface area contributed by atoms with E-state index in [9.17, 15) is 14.7 Å². The lowest BCUT2D eigenvalue weighted by Gasteiger charge is -2.24. The molecular formula is C26H26N4O4. The van der Waals surface area contributed by atoms with Crippen LogP contribution in [0.1, 0.15) is 28.4 Å². The number of carbonyl (C=O) groups excluding carboxylic acids is 2. The molecular weight excluding hydrogens is 432 g/mol. The molecule has 3 aromatic rings. The number of benzene rings is 2. The molecule has 8 nitrogen and oxygen atoms in total. The second-order valence-electron chi connectivity index (χ2n) is 7.96. The monoisotopic (exact) mass is 458 g/mol. The van der Waals surface area contributed by atoms with Crippen LogP contribution in [0.15, 0.2) is 84.1 Å². The summed E-state index contributed by atoms with van der Waals surface area (Å²) in [7, 11) is 1.43. The van der Waals surface area contributed by atoms with Gasteiger partial charge in [-0.05, 0) is 29.8 Å². The Morgan fingerprint density at radius 3 is 2.53 bits per heavy atom. The van der Waals surface area contributed by atoms with Gasteiger partial charge in [0.2, 0.25) is 5.91 Å². The molecule has 174 valence electrons. The summed E-state index contributed by atoms with van der Waals surface area (Å²) in [4.78, 5) is 37.0. The quantitative estimate of drug-likeness (QED) is 0.530. The summed E-state index contributed by atoms with van der Waals surface area (Å²) in [5.41, 5.74) is 3.47.